The molecular formula is C16H19N3O. The predicted octanol–water partition coefficient (Wildman–Crippen LogP) is 3.21. The molecule has 1 aromatic carbocycles. The molecule has 0 spiro atoms. The first-order valence-electron chi connectivity index (χ1n) is 6.95. The Kier molecular flexibility index (Phi) is 3.65. The van der Waals surface area contributed by atoms with E-state index in [1.165, 1.54) is 12.8 Å². The lowest BCUT2D eigenvalue weighted by Gasteiger charge is -2.08. The van der Waals surface area contributed by atoms with Gasteiger partial charge in [-0.3, -0.25) is 0 Å². The summed E-state index contributed by atoms with van der Waals surface area (Å²) in [7, 11) is 3.60. The van der Waals surface area contributed by atoms with Crippen LogP contribution in [-0.4, -0.2) is 24.1 Å². The predicted molar refractivity (Wildman–Crippen MR) is 79.7 cm³/mol. The Balaban J connectivity index is 1.93. The van der Waals surface area contributed by atoms with Crippen LogP contribution < -0.4 is 5.32 Å². The minimum Gasteiger partial charge on any atom is -0.380 e. The van der Waals surface area contributed by atoms with E-state index in [2.05, 4.69) is 40.6 Å². The summed E-state index contributed by atoms with van der Waals surface area (Å²) in [6, 6.07) is 10.3. The molecular weight excluding hydrogens is 250 g/mol. The molecule has 1 aliphatic carbocycles. The molecule has 1 fully saturated rings. The maximum atomic E-state index is 5.13. The summed E-state index contributed by atoms with van der Waals surface area (Å²) in [5.41, 5.74) is 3.35. The van der Waals surface area contributed by atoms with Gasteiger partial charge in [0.05, 0.1) is 6.61 Å². The highest BCUT2D eigenvalue weighted by Gasteiger charge is 2.26. The highest BCUT2D eigenvalue weighted by Crippen LogP contribution is 2.40. The SMILES string of the molecule is CNc1cc(C2CC2)nc(-c2ccc(COC)cc2)n1. The first kappa shape index (κ1) is 13.1. The number of aromatic nitrogens is 2. The second-order valence-electron chi connectivity index (χ2n) is 5.16. The summed E-state index contributed by atoms with van der Waals surface area (Å²) in [5, 5.41) is 3.12. The van der Waals surface area contributed by atoms with E-state index in [1.54, 1.807) is 7.11 Å². The maximum absolute atomic E-state index is 5.13. The molecule has 1 heterocycles. The van der Waals surface area contributed by atoms with Crippen LogP contribution in [0.4, 0.5) is 5.82 Å². The van der Waals surface area contributed by atoms with Gasteiger partial charge in [0.15, 0.2) is 5.82 Å². The topological polar surface area (TPSA) is 47.0 Å². The Hall–Kier alpha value is -1.94. The van der Waals surface area contributed by atoms with Gasteiger partial charge in [0.25, 0.3) is 0 Å². The van der Waals surface area contributed by atoms with Crippen molar-refractivity contribution in [3.8, 4) is 11.4 Å². The van der Waals surface area contributed by atoms with E-state index in [0.717, 1.165) is 28.5 Å². The van der Waals surface area contributed by atoms with Gasteiger partial charge in [-0.05, 0) is 18.4 Å². The minimum absolute atomic E-state index is 0.622. The van der Waals surface area contributed by atoms with Gasteiger partial charge in [0.2, 0.25) is 0 Å². The normalized spacial score (nSPS) is 14.3. The molecule has 3 rings (SSSR count). The van der Waals surface area contributed by atoms with Crippen molar-refractivity contribution in [2.24, 2.45) is 0 Å². The van der Waals surface area contributed by atoms with E-state index >= 15 is 0 Å². The number of hydrogen-bond donors (Lipinski definition) is 1. The van der Waals surface area contributed by atoms with Gasteiger partial charge in [0, 0.05) is 37.4 Å². The monoisotopic (exact) mass is 269 g/mol. The van der Waals surface area contributed by atoms with Crippen LogP contribution in [0.5, 0.6) is 0 Å². The Morgan fingerprint density at radius 2 is 1.95 bits per heavy atom. The van der Waals surface area contributed by atoms with Crippen molar-refractivity contribution in [1.29, 1.82) is 0 Å². The Morgan fingerprint density at radius 1 is 1.20 bits per heavy atom. The number of nitrogens with zero attached hydrogens (tertiary/aromatic N) is 2. The van der Waals surface area contributed by atoms with Crippen LogP contribution in [0.1, 0.15) is 30.0 Å². The molecule has 0 amide bonds. The second kappa shape index (κ2) is 5.59. The summed E-state index contributed by atoms with van der Waals surface area (Å²) in [6.07, 6.45) is 2.48. The zero-order valence-corrected chi connectivity index (χ0v) is 11.9. The van der Waals surface area contributed by atoms with E-state index in [-0.39, 0.29) is 0 Å². The standard InChI is InChI=1S/C16H19N3O/c1-17-15-9-14(12-7-8-12)18-16(19-15)13-5-3-11(4-6-13)10-20-2/h3-6,9,12H,7-8,10H2,1-2H3,(H,17,18,19). The molecule has 1 N–H and O–H groups in total. The van der Waals surface area contributed by atoms with E-state index in [9.17, 15) is 0 Å². The van der Waals surface area contributed by atoms with E-state index in [0.29, 0.717) is 12.5 Å². The zero-order chi connectivity index (χ0) is 13.9. The number of ether oxygens (including phenoxy) is 1. The number of rotatable bonds is 5. The summed E-state index contributed by atoms with van der Waals surface area (Å²) >= 11 is 0. The quantitative estimate of drug-likeness (QED) is 0.905. The fraction of sp³-hybridized carbons (Fsp3) is 0.375. The van der Waals surface area contributed by atoms with Crippen molar-refractivity contribution in [2.75, 3.05) is 19.5 Å². The average molecular weight is 269 g/mol. The van der Waals surface area contributed by atoms with Crippen LogP contribution >= 0.6 is 0 Å². The molecule has 4 heteroatoms. The average Bonchev–Trinajstić information content (AvgIpc) is 3.32. The molecule has 1 saturated carbocycles. The first-order chi connectivity index (χ1) is 9.80. The zero-order valence-electron chi connectivity index (χ0n) is 11.9. The second-order valence-corrected chi connectivity index (χ2v) is 5.16. The Bertz CT molecular complexity index is 591. The van der Waals surface area contributed by atoms with Crippen molar-refractivity contribution < 1.29 is 4.74 Å². The molecule has 0 atom stereocenters. The Morgan fingerprint density at radius 3 is 2.55 bits per heavy atom. The van der Waals surface area contributed by atoms with Gasteiger partial charge >= 0.3 is 0 Å². The van der Waals surface area contributed by atoms with Crippen molar-refractivity contribution in [2.45, 2.75) is 25.4 Å². The lowest BCUT2D eigenvalue weighted by Crippen LogP contribution is -2.00. The van der Waals surface area contributed by atoms with E-state index in [4.69, 9.17) is 9.72 Å². The lowest BCUT2D eigenvalue weighted by molar-refractivity contribution is 0.185. The number of nitrogens with one attached hydrogen (secondary N) is 1. The number of methoxy groups -OCH3 is 1. The van der Waals surface area contributed by atoms with Gasteiger partial charge in [-0.25, -0.2) is 9.97 Å². The van der Waals surface area contributed by atoms with Crippen LogP contribution in [0.15, 0.2) is 30.3 Å². The van der Waals surface area contributed by atoms with Gasteiger partial charge in [-0.15, -0.1) is 0 Å². The maximum Gasteiger partial charge on any atom is 0.161 e. The van der Waals surface area contributed by atoms with Crippen LogP contribution in [0.3, 0.4) is 0 Å². The van der Waals surface area contributed by atoms with Crippen LogP contribution in [-0.2, 0) is 11.3 Å². The van der Waals surface area contributed by atoms with Crippen molar-refractivity contribution in [3.63, 3.8) is 0 Å². The fourth-order valence-corrected chi connectivity index (χ4v) is 2.23. The third kappa shape index (κ3) is 2.80. The van der Waals surface area contributed by atoms with E-state index in [1.807, 2.05) is 7.05 Å². The third-order valence-electron chi connectivity index (χ3n) is 3.52. The molecule has 104 valence electrons. The smallest absolute Gasteiger partial charge is 0.161 e. The molecule has 1 aromatic heterocycles. The molecule has 20 heavy (non-hydrogen) atoms. The van der Waals surface area contributed by atoms with Crippen molar-refractivity contribution in [1.82, 2.24) is 9.97 Å². The molecule has 0 aliphatic heterocycles. The summed E-state index contributed by atoms with van der Waals surface area (Å²) in [6.45, 7) is 0.630. The highest BCUT2D eigenvalue weighted by molar-refractivity contribution is 5.58. The van der Waals surface area contributed by atoms with Crippen LogP contribution in [0, 0.1) is 0 Å². The van der Waals surface area contributed by atoms with Gasteiger partial charge in [0.1, 0.15) is 5.82 Å². The molecule has 4 nitrogen and oxygen atoms in total. The third-order valence-corrected chi connectivity index (χ3v) is 3.52. The molecule has 0 radical (unpaired) electrons. The minimum atomic E-state index is 0.622. The van der Waals surface area contributed by atoms with Gasteiger partial charge in [-0.2, -0.15) is 0 Å². The molecule has 0 saturated heterocycles. The summed E-state index contributed by atoms with van der Waals surface area (Å²) in [5.74, 6) is 2.30. The van der Waals surface area contributed by atoms with Crippen molar-refractivity contribution in [3.05, 3.63) is 41.6 Å². The van der Waals surface area contributed by atoms with Gasteiger partial charge < -0.3 is 10.1 Å². The number of benzene rings is 1. The van der Waals surface area contributed by atoms with Gasteiger partial charge in [-0.1, -0.05) is 24.3 Å². The summed E-state index contributed by atoms with van der Waals surface area (Å²) < 4.78 is 5.13. The first-order valence-corrected chi connectivity index (χ1v) is 6.95. The summed E-state index contributed by atoms with van der Waals surface area (Å²) in [4.78, 5) is 9.26. The molecule has 0 unspecified atom stereocenters. The van der Waals surface area contributed by atoms with Crippen molar-refractivity contribution >= 4 is 5.82 Å². The Labute approximate surface area is 119 Å². The lowest BCUT2D eigenvalue weighted by atomic mass is 10.1. The fourth-order valence-electron chi connectivity index (χ4n) is 2.23. The molecule has 0 bridgehead atoms. The highest BCUT2D eigenvalue weighted by atomic mass is 16.5. The van der Waals surface area contributed by atoms with Crippen LogP contribution in [0.25, 0.3) is 11.4 Å². The number of anilines is 1. The van der Waals surface area contributed by atoms with E-state index < -0.39 is 0 Å². The molecule has 2 aromatic rings. The van der Waals surface area contributed by atoms with Crippen LogP contribution in [0.2, 0.25) is 0 Å². The number of hydrogen-bond acceptors (Lipinski definition) is 4. The largest absolute Gasteiger partial charge is 0.380 e. The molecule has 1 aliphatic rings.